The van der Waals surface area contributed by atoms with Gasteiger partial charge in [0.2, 0.25) is 10.0 Å². The Morgan fingerprint density at radius 2 is 1.59 bits per heavy atom. The van der Waals surface area contributed by atoms with Crippen molar-refractivity contribution in [2.24, 2.45) is 0 Å². The van der Waals surface area contributed by atoms with Crippen LogP contribution >= 0.6 is 0 Å². The molecule has 0 radical (unpaired) electrons. The largest absolute Gasteiger partial charge is 0.465 e. The van der Waals surface area contributed by atoms with Gasteiger partial charge in [0.25, 0.3) is 0 Å². The van der Waals surface area contributed by atoms with Gasteiger partial charge in [-0.25, -0.2) is 18.0 Å². The van der Waals surface area contributed by atoms with Gasteiger partial charge in [0.1, 0.15) is 5.75 Å². The second-order valence-electron chi connectivity index (χ2n) is 6.04. The van der Waals surface area contributed by atoms with Gasteiger partial charge in [0.15, 0.2) is 0 Å². The van der Waals surface area contributed by atoms with Crippen molar-refractivity contribution in [3.8, 4) is 5.75 Å². The summed E-state index contributed by atoms with van der Waals surface area (Å²) in [6.07, 6.45) is 1.67. The molecule has 8 heteroatoms. The van der Waals surface area contributed by atoms with Gasteiger partial charge in [0.05, 0.1) is 23.1 Å². The quantitative estimate of drug-likeness (QED) is 0.576. The molecule has 0 saturated carbocycles. The average molecular weight is 389 g/mol. The smallest absolute Gasteiger partial charge is 0.343 e. The molecule has 2 aromatic rings. The van der Waals surface area contributed by atoms with Gasteiger partial charge in [-0.2, -0.15) is 4.31 Å². The molecule has 142 valence electrons. The van der Waals surface area contributed by atoms with Crippen LogP contribution in [0.4, 0.5) is 0 Å². The molecule has 0 bridgehead atoms. The lowest BCUT2D eigenvalue weighted by atomic mass is 10.2. The van der Waals surface area contributed by atoms with Crippen molar-refractivity contribution >= 4 is 22.0 Å². The summed E-state index contributed by atoms with van der Waals surface area (Å²) in [5, 5.41) is 0. The Labute approximate surface area is 157 Å². The van der Waals surface area contributed by atoms with Crippen molar-refractivity contribution in [3.63, 3.8) is 0 Å². The van der Waals surface area contributed by atoms with Crippen LogP contribution in [0.25, 0.3) is 0 Å². The van der Waals surface area contributed by atoms with E-state index < -0.39 is 22.0 Å². The minimum Gasteiger partial charge on any atom is -0.465 e. The molecule has 3 rings (SSSR count). The zero-order valence-electron chi connectivity index (χ0n) is 14.8. The van der Waals surface area contributed by atoms with Crippen molar-refractivity contribution in [3.05, 3.63) is 59.7 Å². The Kier molecular flexibility index (Phi) is 5.57. The van der Waals surface area contributed by atoms with Gasteiger partial charge >= 0.3 is 11.9 Å². The number of sulfonamides is 1. The van der Waals surface area contributed by atoms with Crippen LogP contribution in [-0.2, 0) is 14.8 Å². The van der Waals surface area contributed by atoms with E-state index in [1.165, 1.54) is 59.9 Å². The van der Waals surface area contributed by atoms with E-state index in [0.29, 0.717) is 18.7 Å². The molecule has 0 spiro atoms. The lowest BCUT2D eigenvalue weighted by molar-refractivity contribution is 0.0600. The zero-order chi connectivity index (χ0) is 19.4. The first kappa shape index (κ1) is 19.1. The summed E-state index contributed by atoms with van der Waals surface area (Å²) in [6, 6.07) is 11.7. The summed E-state index contributed by atoms with van der Waals surface area (Å²) in [5.74, 6) is -0.938. The molecule has 1 saturated heterocycles. The first-order chi connectivity index (χ1) is 12.9. The van der Waals surface area contributed by atoms with Crippen LogP contribution in [0.15, 0.2) is 53.4 Å². The second-order valence-corrected chi connectivity index (χ2v) is 7.98. The molecule has 0 unspecified atom stereocenters. The first-order valence-electron chi connectivity index (χ1n) is 8.42. The summed E-state index contributed by atoms with van der Waals surface area (Å²) in [4.78, 5) is 23.9. The van der Waals surface area contributed by atoms with E-state index >= 15 is 0 Å². The van der Waals surface area contributed by atoms with E-state index in [-0.39, 0.29) is 16.2 Å². The molecule has 0 N–H and O–H groups in total. The number of nitrogens with zero attached hydrogens (tertiary/aromatic N) is 1. The van der Waals surface area contributed by atoms with Crippen LogP contribution in [0.2, 0.25) is 0 Å². The summed E-state index contributed by atoms with van der Waals surface area (Å²) in [6.45, 7) is 0.979. The van der Waals surface area contributed by atoms with Gasteiger partial charge < -0.3 is 9.47 Å². The van der Waals surface area contributed by atoms with Crippen LogP contribution in [0.5, 0.6) is 5.75 Å². The normalized spacial score (nSPS) is 14.7. The number of carbonyl (C=O) groups is 2. The lowest BCUT2D eigenvalue weighted by Crippen LogP contribution is -2.28. The van der Waals surface area contributed by atoms with Crippen LogP contribution in [0.1, 0.15) is 33.6 Å². The molecule has 0 aliphatic carbocycles. The number of esters is 2. The molecule has 1 heterocycles. The van der Waals surface area contributed by atoms with E-state index in [9.17, 15) is 18.0 Å². The molecule has 27 heavy (non-hydrogen) atoms. The maximum absolute atomic E-state index is 12.6. The minimum absolute atomic E-state index is 0.0693. The monoisotopic (exact) mass is 389 g/mol. The number of ether oxygens (including phenoxy) is 2. The molecule has 7 nitrogen and oxygen atoms in total. The highest BCUT2D eigenvalue weighted by Gasteiger charge is 2.27. The van der Waals surface area contributed by atoms with Gasteiger partial charge in [-0.1, -0.05) is 6.07 Å². The molecule has 1 aliphatic heterocycles. The molecule has 1 aliphatic rings. The number of hydrogen-bond donors (Lipinski definition) is 0. The van der Waals surface area contributed by atoms with Crippen LogP contribution in [0.3, 0.4) is 0 Å². The maximum Gasteiger partial charge on any atom is 0.343 e. The van der Waals surface area contributed by atoms with E-state index in [0.717, 1.165) is 12.8 Å². The van der Waals surface area contributed by atoms with Crippen molar-refractivity contribution < 1.29 is 27.5 Å². The number of carbonyl (C=O) groups excluding carboxylic acids is 2. The molecular weight excluding hydrogens is 370 g/mol. The molecule has 0 atom stereocenters. The highest BCUT2D eigenvalue weighted by molar-refractivity contribution is 7.89. The van der Waals surface area contributed by atoms with Crippen LogP contribution < -0.4 is 4.74 Å². The molecule has 1 fully saturated rings. The van der Waals surface area contributed by atoms with E-state index in [1.54, 1.807) is 0 Å². The number of benzene rings is 2. The number of methoxy groups -OCH3 is 1. The number of rotatable bonds is 5. The summed E-state index contributed by atoms with van der Waals surface area (Å²) in [5.41, 5.74) is 0.461. The fraction of sp³-hybridized carbons (Fsp3) is 0.263. The predicted molar refractivity (Wildman–Crippen MR) is 97.2 cm³/mol. The van der Waals surface area contributed by atoms with E-state index in [1.807, 2.05) is 0 Å². The Morgan fingerprint density at radius 1 is 0.926 bits per heavy atom. The fourth-order valence-electron chi connectivity index (χ4n) is 2.80. The Balaban J connectivity index is 1.76. The van der Waals surface area contributed by atoms with Crippen LogP contribution in [-0.4, -0.2) is 44.9 Å². The van der Waals surface area contributed by atoms with E-state index in [4.69, 9.17) is 4.74 Å². The molecule has 0 aromatic heterocycles. The Morgan fingerprint density at radius 3 is 2.22 bits per heavy atom. The lowest BCUT2D eigenvalue weighted by Gasteiger charge is -2.15. The van der Waals surface area contributed by atoms with Gasteiger partial charge in [-0.15, -0.1) is 0 Å². The molecule has 0 amide bonds. The third-order valence-electron chi connectivity index (χ3n) is 4.26. The molecular formula is C19H19NO6S. The highest BCUT2D eigenvalue weighted by atomic mass is 32.2. The second kappa shape index (κ2) is 7.89. The third-order valence-corrected chi connectivity index (χ3v) is 6.15. The van der Waals surface area contributed by atoms with Crippen LogP contribution in [0, 0.1) is 0 Å². The van der Waals surface area contributed by atoms with Crippen molar-refractivity contribution in [2.45, 2.75) is 17.7 Å². The van der Waals surface area contributed by atoms with Crippen molar-refractivity contribution in [1.29, 1.82) is 0 Å². The maximum atomic E-state index is 12.6. The van der Waals surface area contributed by atoms with Gasteiger partial charge in [-0.3, -0.25) is 0 Å². The van der Waals surface area contributed by atoms with Gasteiger partial charge in [0, 0.05) is 13.1 Å². The third kappa shape index (κ3) is 4.17. The number of hydrogen-bond acceptors (Lipinski definition) is 6. The fourth-order valence-corrected chi connectivity index (χ4v) is 4.37. The first-order valence-corrected chi connectivity index (χ1v) is 9.86. The van der Waals surface area contributed by atoms with Crippen molar-refractivity contribution in [1.82, 2.24) is 4.31 Å². The standard InChI is InChI=1S/C19H19NO6S/c1-25-18(21)14-7-9-16(10-8-14)26-19(22)15-5-4-6-17(13-15)27(23,24)20-11-2-3-12-20/h4-10,13H,2-3,11-12H2,1H3. The summed E-state index contributed by atoms with van der Waals surface area (Å²) < 4.78 is 36.5. The predicted octanol–water partition coefficient (Wildman–Crippen LogP) is 2.48. The zero-order valence-corrected chi connectivity index (χ0v) is 15.6. The van der Waals surface area contributed by atoms with E-state index in [2.05, 4.69) is 4.74 Å². The Bertz CT molecular complexity index is 946. The SMILES string of the molecule is COC(=O)c1ccc(OC(=O)c2cccc(S(=O)(=O)N3CCCC3)c2)cc1. The van der Waals surface area contributed by atoms with Crippen molar-refractivity contribution in [2.75, 3.05) is 20.2 Å². The molecule has 2 aromatic carbocycles. The topological polar surface area (TPSA) is 90.0 Å². The summed E-state index contributed by atoms with van der Waals surface area (Å²) in [7, 11) is -2.33. The minimum atomic E-state index is -3.61. The summed E-state index contributed by atoms with van der Waals surface area (Å²) >= 11 is 0. The van der Waals surface area contributed by atoms with Gasteiger partial charge in [-0.05, 0) is 55.3 Å². The average Bonchev–Trinajstić information content (AvgIpc) is 3.24. The highest BCUT2D eigenvalue weighted by Crippen LogP contribution is 2.22. The Hall–Kier alpha value is -2.71.